The number of rotatable bonds is 6. The number of amides is 2. The molecule has 0 fully saturated rings. The molecule has 2 rings (SSSR count). The Morgan fingerprint density at radius 1 is 0.793 bits per heavy atom. The zero-order chi connectivity index (χ0) is 21.9. The van der Waals surface area contributed by atoms with Crippen molar-refractivity contribution >= 4 is 34.6 Å². The van der Waals surface area contributed by atoms with Gasteiger partial charge in [0.1, 0.15) is 11.4 Å². The van der Waals surface area contributed by atoms with Crippen molar-refractivity contribution in [3.05, 3.63) is 67.8 Å². The van der Waals surface area contributed by atoms with Gasteiger partial charge in [0.15, 0.2) is 0 Å². The molecule has 10 nitrogen and oxygen atoms in total. The Morgan fingerprint density at radius 3 is 1.41 bits per heavy atom. The number of carbonyl (C=O) groups is 2. The summed E-state index contributed by atoms with van der Waals surface area (Å²) in [4.78, 5) is 44.2. The molecule has 0 aliphatic heterocycles. The lowest BCUT2D eigenvalue weighted by Gasteiger charge is -2.26. The van der Waals surface area contributed by atoms with Gasteiger partial charge in [-0.05, 0) is 23.3 Å². The van der Waals surface area contributed by atoms with E-state index in [0.717, 1.165) is 0 Å². The summed E-state index contributed by atoms with van der Waals surface area (Å²) in [6.07, 6.45) is 0. The molecule has 0 radical (unpaired) electrons. The van der Waals surface area contributed by atoms with Crippen LogP contribution in [0.15, 0.2) is 36.4 Å². The van der Waals surface area contributed by atoms with E-state index >= 15 is 0 Å². The highest BCUT2D eigenvalue weighted by Gasteiger charge is 2.29. The summed E-state index contributed by atoms with van der Waals surface area (Å²) in [5.41, 5.74) is -0.216. The average Bonchev–Trinajstić information content (AvgIpc) is 2.60. The Hall–Kier alpha value is -3.82. The SMILES string of the molecule is CC(=O)Nc1ccc(C(C)(C)c2ccc(NC(C)=O)c([N+](=O)[O-])c2)cc1[N+](=O)[O-]. The van der Waals surface area contributed by atoms with Crippen LogP contribution in [0, 0.1) is 20.2 Å². The molecule has 0 aliphatic carbocycles. The first-order chi connectivity index (χ1) is 13.4. The van der Waals surface area contributed by atoms with Crippen molar-refractivity contribution in [2.24, 2.45) is 0 Å². The van der Waals surface area contributed by atoms with E-state index in [1.165, 1.54) is 38.1 Å². The van der Waals surface area contributed by atoms with Crippen LogP contribution in [-0.2, 0) is 15.0 Å². The van der Waals surface area contributed by atoms with E-state index in [0.29, 0.717) is 11.1 Å². The van der Waals surface area contributed by atoms with Gasteiger partial charge in [-0.1, -0.05) is 26.0 Å². The molecule has 2 N–H and O–H groups in total. The predicted octanol–water partition coefficient (Wildman–Crippen LogP) is 3.75. The van der Waals surface area contributed by atoms with Gasteiger partial charge in [0.25, 0.3) is 11.4 Å². The number of nitro groups is 2. The molecular formula is C19H20N4O6. The van der Waals surface area contributed by atoms with Crippen LogP contribution in [-0.4, -0.2) is 21.7 Å². The normalized spacial score (nSPS) is 10.9. The van der Waals surface area contributed by atoms with E-state index in [-0.39, 0.29) is 22.7 Å². The number of carbonyl (C=O) groups excluding carboxylic acids is 2. The minimum atomic E-state index is -0.834. The Labute approximate surface area is 166 Å². The Kier molecular flexibility index (Phi) is 5.96. The Morgan fingerprint density at radius 2 is 1.14 bits per heavy atom. The van der Waals surface area contributed by atoms with Crippen molar-refractivity contribution in [3.63, 3.8) is 0 Å². The third-order valence-corrected chi connectivity index (χ3v) is 4.45. The third-order valence-electron chi connectivity index (χ3n) is 4.45. The molecule has 0 spiro atoms. The van der Waals surface area contributed by atoms with Gasteiger partial charge in [0, 0.05) is 31.4 Å². The lowest BCUT2D eigenvalue weighted by atomic mass is 9.77. The van der Waals surface area contributed by atoms with Gasteiger partial charge < -0.3 is 10.6 Å². The maximum atomic E-state index is 11.4. The summed E-state index contributed by atoms with van der Waals surface area (Å²) < 4.78 is 0. The van der Waals surface area contributed by atoms with E-state index in [9.17, 15) is 29.8 Å². The summed E-state index contributed by atoms with van der Waals surface area (Å²) in [7, 11) is 0. The van der Waals surface area contributed by atoms with Gasteiger partial charge in [-0.25, -0.2) is 0 Å². The minimum Gasteiger partial charge on any atom is -0.321 e. The molecule has 2 aromatic carbocycles. The minimum absolute atomic E-state index is 0.0639. The molecule has 152 valence electrons. The summed E-state index contributed by atoms with van der Waals surface area (Å²) in [5, 5.41) is 27.7. The van der Waals surface area contributed by atoms with Crippen LogP contribution in [0.2, 0.25) is 0 Å². The highest BCUT2D eigenvalue weighted by atomic mass is 16.6. The maximum Gasteiger partial charge on any atom is 0.293 e. The van der Waals surface area contributed by atoms with Gasteiger partial charge in [-0.3, -0.25) is 29.8 Å². The molecular weight excluding hydrogens is 380 g/mol. The number of nitrogens with one attached hydrogen (secondary N) is 2. The van der Waals surface area contributed by atoms with E-state index in [2.05, 4.69) is 10.6 Å². The first-order valence-electron chi connectivity index (χ1n) is 8.56. The van der Waals surface area contributed by atoms with Crippen LogP contribution in [0.1, 0.15) is 38.8 Å². The first-order valence-corrected chi connectivity index (χ1v) is 8.56. The van der Waals surface area contributed by atoms with Crippen LogP contribution < -0.4 is 10.6 Å². The van der Waals surface area contributed by atoms with Crippen LogP contribution >= 0.6 is 0 Å². The van der Waals surface area contributed by atoms with Gasteiger partial charge in [0.05, 0.1) is 9.85 Å². The molecule has 2 amide bonds. The number of nitrogens with zero attached hydrogens (tertiary/aromatic N) is 2. The summed E-state index contributed by atoms with van der Waals surface area (Å²) in [6.45, 7) is 6.03. The molecule has 0 aliphatic rings. The number of hydrogen-bond acceptors (Lipinski definition) is 6. The summed E-state index contributed by atoms with van der Waals surface area (Å²) in [5.74, 6) is -0.881. The average molecular weight is 400 g/mol. The van der Waals surface area contributed by atoms with Gasteiger partial charge in [-0.2, -0.15) is 0 Å². The number of benzene rings is 2. The highest BCUT2D eigenvalue weighted by molar-refractivity contribution is 5.92. The molecule has 0 aromatic heterocycles. The second-order valence-corrected chi connectivity index (χ2v) is 6.97. The second-order valence-electron chi connectivity index (χ2n) is 6.97. The van der Waals surface area contributed by atoms with E-state index < -0.39 is 27.1 Å². The van der Waals surface area contributed by atoms with E-state index in [4.69, 9.17) is 0 Å². The van der Waals surface area contributed by atoms with Crippen molar-refractivity contribution in [1.82, 2.24) is 0 Å². The van der Waals surface area contributed by atoms with Gasteiger partial charge in [-0.15, -0.1) is 0 Å². The van der Waals surface area contributed by atoms with E-state index in [1.807, 2.05) is 0 Å². The van der Waals surface area contributed by atoms with Crippen LogP contribution in [0.4, 0.5) is 22.7 Å². The fourth-order valence-electron chi connectivity index (χ4n) is 2.90. The zero-order valence-electron chi connectivity index (χ0n) is 16.3. The predicted molar refractivity (Wildman–Crippen MR) is 107 cm³/mol. The molecule has 2 aromatic rings. The van der Waals surface area contributed by atoms with Crippen molar-refractivity contribution in [1.29, 1.82) is 0 Å². The topological polar surface area (TPSA) is 144 Å². The lowest BCUT2D eigenvalue weighted by Crippen LogP contribution is -2.20. The summed E-state index contributed by atoms with van der Waals surface area (Å²) in [6, 6.07) is 8.75. The van der Waals surface area contributed by atoms with E-state index in [1.54, 1.807) is 26.0 Å². The van der Waals surface area contributed by atoms with Crippen molar-refractivity contribution in [2.75, 3.05) is 10.6 Å². The molecule has 0 saturated heterocycles. The Balaban J connectivity index is 2.57. The van der Waals surface area contributed by atoms with Crippen molar-refractivity contribution < 1.29 is 19.4 Å². The Bertz CT molecular complexity index is 936. The van der Waals surface area contributed by atoms with Gasteiger partial charge >= 0.3 is 0 Å². The van der Waals surface area contributed by atoms with Crippen molar-refractivity contribution in [3.8, 4) is 0 Å². The zero-order valence-corrected chi connectivity index (χ0v) is 16.3. The van der Waals surface area contributed by atoms with Gasteiger partial charge in [0.2, 0.25) is 11.8 Å². The molecule has 0 unspecified atom stereocenters. The highest BCUT2D eigenvalue weighted by Crippen LogP contribution is 2.38. The monoisotopic (exact) mass is 400 g/mol. The summed E-state index contributed by atoms with van der Waals surface area (Å²) >= 11 is 0. The number of nitro benzene ring substituents is 2. The lowest BCUT2D eigenvalue weighted by molar-refractivity contribution is -0.384. The molecule has 0 atom stereocenters. The van der Waals surface area contributed by atoms with Crippen molar-refractivity contribution in [2.45, 2.75) is 33.1 Å². The van der Waals surface area contributed by atoms with Crippen LogP contribution in [0.25, 0.3) is 0 Å². The number of hydrogen-bond donors (Lipinski definition) is 2. The molecule has 0 bridgehead atoms. The standard InChI is InChI=1S/C19H20N4O6/c1-11(24)20-15-7-5-13(9-17(15)22(26)27)19(3,4)14-6-8-16(21-12(2)25)18(10-14)23(28)29/h5-10H,1-4H3,(H,20,24)(H,21,25). The molecule has 0 heterocycles. The van der Waals surface area contributed by atoms with Crippen LogP contribution in [0.3, 0.4) is 0 Å². The fraction of sp³-hybridized carbons (Fsp3) is 0.263. The first kappa shape index (κ1) is 21.5. The molecule has 29 heavy (non-hydrogen) atoms. The largest absolute Gasteiger partial charge is 0.321 e. The van der Waals surface area contributed by atoms with Crippen LogP contribution in [0.5, 0.6) is 0 Å². The smallest absolute Gasteiger partial charge is 0.293 e. The quantitative estimate of drug-likeness (QED) is 0.558. The fourth-order valence-corrected chi connectivity index (χ4v) is 2.90. The number of anilines is 2. The maximum absolute atomic E-state index is 11.4. The second kappa shape index (κ2) is 8.05. The molecule has 0 saturated carbocycles. The molecule has 10 heteroatoms. The third kappa shape index (κ3) is 4.72.